The Bertz CT molecular complexity index is 885. The summed E-state index contributed by atoms with van der Waals surface area (Å²) >= 11 is 0. The normalized spacial score (nSPS) is 17.1. The van der Waals surface area contributed by atoms with Gasteiger partial charge >= 0.3 is 6.18 Å². The van der Waals surface area contributed by atoms with E-state index in [1.807, 2.05) is 31.2 Å². The maximum absolute atomic E-state index is 12.8. The molecule has 1 heterocycles. The van der Waals surface area contributed by atoms with E-state index in [4.69, 9.17) is 5.26 Å². The number of hydrogen-bond donors (Lipinski definition) is 1. The molecule has 0 aromatic heterocycles. The number of likely N-dealkylation sites (tertiary alicyclic amines) is 1. The number of anilines is 1. The van der Waals surface area contributed by atoms with Crippen molar-refractivity contribution in [1.29, 1.82) is 5.26 Å². The highest BCUT2D eigenvalue weighted by Crippen LogP contribution is 2.32. The third kappa shape index (κ3) is 4.22. The van der Waals surface area contributed by atoms with Crippen molar-refractivity contribution in [2.75, 3.05) is 11.9 Å². The van der Waals surface area contributed by atoms with Crippen LogP contribution in [0.2, 0.25) is 0 Å². The first kappa shape index (κ1) is 18.8. The van der Waals surface area contributed by atoms with E-state index in [2.05, 4.69) is 5.32 Å². The van der Waals surface area contributed by atoms with E-state index < -0.39 is 17.8 Å². The summed E-state index contributed by atoms with van der Waals surface area (Å²) in [6.45, 7) is 3.02. The fourth-order valence-electron chi connectivity index (χ4n) is 3.07. The van der Waals surface area contributed by atoms with Crippen molar-refractivity contribution < 1.29 is 18.0 Å². The number of hydrogen-bond acceptors (Lipinski definition) is 3. The Labute approximate surface area is 155 Å². The van der Waals surface area contributed by atoms with Crippen molar-refractivity contribution >= 4 is 11.6 Å². The molecule has 27 heavy (non-hydrogen) atoms. The van der Waals surface area contributed by atoms with E-state index in [9.17, 15) is 18.0 Å². The molecule has 0 saturated carbocycles. The topological polar surface area (TPSA) is 56.1 Å². The van der Waals surface area contributed by atoms with Crippen LogP contribution in [0.4, 0.5) is 18.9 Å². The Kier molecular flexibility index (Phi) is 5.08. The molecule has 3 rings (SSSR count). The first-order valence-corrected chi connectivity index (χ1v) is 8.50. The van der Waals surface area contributed by atoms with Gasteiger partial charge < -0.3 is 10.2 Å². The van der Waals surface area contributed by atoms with Crippen LogP contribution in [0.1, 0.15) is 28.7 Å². The lowest BCUT2D eigenvalue weighted by Gasteiger charge is -2.18. The third-order valence-electron chi connectivity index (χ3n) is 4.59. The van der Waals surface area contributed by atoms with Gasteiger partial charge in [0.2, 0.25) is 5.91 Å². The molecule has 140 valence electrons. The zero-order valence-corrected chi connectivity index (χ0v) is 14.7. The van der Waals surface area contributed by atoms with E-state index in [0.717, 1.165) is 23.3 Å². The second kappa shape index (κ2) is 7.31. The molecule has 1 aliphatic rings. The lowest BCUT2D eigenvalue weighted by atomic mass is 10.1. The van der Waals surface area contributed by atoms with Gasteiger partial charge in [-0.1, -0.05) is 29.8 Å². The molecule has 1 N–H and O–H groups in total. The zero-order valence-electron chi connectivity index (χ0n) is 14.7. The standard InChI is InChI=1S/C20H18F3N3O/c1-13-2-4-14(5-3-13)12-26-9-8-18(19(26)27)25-17-7-6-16(20(21,22)23)10-15(17)11-24/h2-7,10,18,25H,8-9,12H2,1H3. The average Bonchev–Trinajstić information content (AvgIpc) is 2.96. The van der Waals surface area contributed by atoms with Crippen molar-refractivity contribution in [1.82, 2.24) is 4.90 Å². The number of halogens is 3. The number of nitriles is 1. The van der Waals surface area contributed by atoms with Crippen LogP contribution in [0.3, 0.4) is 0 Å². The van der Waals surface area contributed by atoms with Crippen LogP contribution in [-0.2, 0) is 17.5 Å². The third-order valence-corrected chi connectivity index (χ3v) is 4.59. The monoisotopic (exact) mass is 373 g/mol. The van der Waals surface area contributed by atoms with Crippen LogP contribution in [-0.4, -0.2) is 23.4 Å². The van der Waals surface area contributed by atoms with Crippen LogP contribution >= 0.6 is 0 Å². The Morgan fingerprint density at radius 1 is 1.22 bits per heavy atom. The van der Waals surface area contributed by atoms with E-state index in [0.29, 0.717) is 19.5 Å². The molecule has 1 saturated heterocycles. The predicted octanol–water partition coefficient (Wildman–Crippen LogP) is 4.10. The Morgan fingerprint density at radius 3 is 2.56 bits per heavy atom. The first-order valence-electron chi connectivity index (χ1n) is 8.50. The smallest absolute Gasteiger partial charge is 0.373 e. The minimum atomic E-state index is -4.52. The first-order chi connectivity index (χ1) is 12.8. The van der Waals surface area contributed by atoms with E-state index in [-0.39, 0.29) is 17.2 Å². The number of aryl methyl sites for hydroxylation is 1. The molecule has 0 radical (unpaired) electrons. The number of carbonyl (C=O) groups excluding carboxylic acids is 1. The highest BCUT2D eigenvalue weighted by molar-refractivity contribution is 5.87. The van der Waals surface area contributed by atoms with Crippen LogP contribution < -0.4 is 5.32 Å². The molecule has 1 unspecified atom stereocenters. The van der Waals surface area contributed by atoms with Gasteiger partial charge in [-0.25, -0.2) is 0 Å². The highest BCUT2D eigenvalue weighted by atomic mass is 19.4. The van der Waals surface area contributed by atoms with Gasteiger partial charge in [-0.2, -0.15) is 18.4 Å². The van der Waals surface area contributed by atoms with Gasteiger partial charge in [0.25, 0.3) is 0 Å². The summed E-state index contributed by atoms with van der Waals surface area (Å²) in [4.78, 5) is 14.3. The van der Waals surface area contributed by atoms with Gasteiger partial charge in [-0.05, 0) is 37.1 Å². The molecular formula is C20H18F3N3O. The molecule has 2 aromatic carbocycles. The van der Waals surface area contributed by atoms with E-state index >= 15 is 0 Å². The molecule has 1 amide bonds. The van der Waals surface area contributed by atoms with Gasteiger partial charge in [0.15, 0.2) is 0 Å². The number of amides is 1. The number of benzene rings is 2. The molecule has 0 aliphatic carbocycles. The number of carbonyl (C=O) groups is 1. The largest absolute Gasteiger partial charge is 0.416 e. The highest BCUT2D eigenvalue weighted by Gasteiger charge is 2.33. The Hall–Kier alpha value is -3.01. The molecule has 1 aliphatic heterocycles. The SMILES string of the molecule is Cc1ccc(CN2CCC(Nc3ccc(C(F)(F)F)cc3C#N)C2=O)cc1. The van der Waals surface area contributed by atoms with E-state index in [1.54, 1.807) is 11.0 Å². The second-order valence-electron chi connectivity index (χ2n) is 6.60. The van der Waals surface area contributed by atoms with Crippen LogP contribution in [0.5, 0.6) is 0 Å². The Balaban J connectivity index is 1.71. The quantitative estimate of drug-likeness (QED) is 0.878. The average molecular weight is 373 g/mol. The summed E-state index contributed by atoms with van der Waals surface area (Å²) in [6.07, 6.45) is -3.99. The Morgan fingerprint density at radius 2 is 1.93 bits per heavy atom. The molecule has 4 nitrogen and oxygen atoms in total. The van der Waals surface area contributed by atoms with Gasteiger partial charge in [0.05, 0.1) is 16.8 Å². The van der Waals surface area contributed by atoms with E-state index in [1.165, 1.54) is 6.07 Å². The summed E-state index contributed by atoms with van der Waals surface area (Å²) in [7, 11) is 0. The molecule has 1 fully saturated rings. The molecule has 2 aromatic rings. The minimum Gasteiger partial charge on any atom is -0.373 e. The summed E-state index contributed by atoms with van der Waals surface area (Å²) < 4.78 is 38.4. The molecule has 0 spiro atoms. The number of nitrogens with zero attached hydrogens (tertiary/aromatic N) is 2. The maximum Gasteiger partial charge on any atom is 0.416 e. The second-order valence-corrected chi connectivity index (χ2v) is 6.60. The number of nitrogens with one attached hydrogen (secondary N) is 1. The number of rotatable bonds is 4. The van der Waals surface area contributed by atoms with Crippen molar-refractivity contribution in [2.24, 2.45) is 0 Å². The molecular weight excluding hydrogens is 355 g/mol. The molecule has 1 atom stereocenters. The number of alkyl halides is 3. The van der Waals surface area contributed by atoms with Crippen molar-refractivity contribution in [2.45, 2.75) is 32.1 Å². The molecule has 7 heteroatoms. The van der Waals surface area contributed by atoms with Gasteiger partial charge in [-0.3, -0.25) is 4.79 Å². The van der Waals surface area contributed by atoms with Gasteiger partial charge in [0.1, 0.15) is 12.1 Å². The molecule has 0 bridgehead atoms. The summed E-state index contributed by atoms with van der Waals surface area (Å²) in [5.74, 6) is -0.126. The van der Waals surface area contributed by atoms with Crippen molar-refractivity contribution in [3.63, 3.8) is 0 Å². The predicted molar refractivity (Wildman–Crippen MR) is 94.8 cm³/mol. The van der Waals surface area contributed by atoms with Crippen LogP contribution in [0.25, 0.3) is 0 Å². The van der Waals surface area contributed by atoms with Crippen LogP contribution in [0.15, 0.2) is 42.5 Å². The van der Waals surface area contributed by atoms with Crippen molar-refractivity contribution in [3.05, 3.63) is 64.7 Å². The lowest BCUT2D eigenvalue weighted by Crippen LogP contribution is -2.33. The summed E-state index contributed by atoms with van der Waals surface area (Å²) in [5.41, 5.74) is 1.37. The summed E-state index contributed by atoms with van der Waals surface area (Å²) in [5, 5.41) is 12.1. The van der Waals surface area contributed by atoms with Crippen molar-refractivity contribution in [3.8, 4) is 6.07 Å². The lowest BCUT2D eigenvalue weighted by molar-refractivity contribution is -0.137. The minimum absolute atomic E-state index is 0.126. The maximum atomic E-state index is 12.8. The summed E-state index contributed by atoms with van der Waals surface area (Å²) in [6, 6.07) is 12.0. The van der Waals surface area contributed by atoms with Gasteiger partial charge in [-0.15, -0.1) is 0 Å². The van der Waals surface area contributed by atoms with Gasteiger partial charge in [0, 0.05) is 13.1 Å². The zero-order chi connectivity index (χ0) is 19.6. The van der Waals surface area contributed by atoms with Crippen LogP contribution in [0, 0.1) is 18.3 Å². The fourth-order valence-corrected chi connectivity index (χ4v) is 3.07. The fraction of sp³-hybridized carbons (Fsp3) is 0.300.